The smallest absolute Gasteiger partial charge is 0.261 e. The first-order valence-electron chi connectivity index (χ1n) is 3.43. The van der Waals surface area contributed by atoms with Gasteiger partial charge >= 0.3 is 0 Å². The van der Waals surface area contributed by atoms with E-state index in [-0.39, 0.29) is 11.7 Å². The molecule has 0 bridgehead atoms. The molecule has 0 heterocycles. The average molecular weight is 171 g/mol. The van der Waals surface area contributed by atoms with Crippen LogP contribution in [-0.2, 0) is 9.59 Å². The van der Waals surface area contributed by atoms with Crippen LogP contribution >= 0.6 is 0 Å². The Bertz CT molecular complexity index is 239. The number of hydrogen-bond donors (Lipinski definition) is 2. The lowest BCUT2D eigenvalue weighted by molar-refractivity contribution is -0.136. The number of nitrogens with zero attached hydrogens (tertiary/aromatic N) is 1. The topological polar surface area (TPSA) is 98.5 Å². The minimum Gasteiger partial charge on any atom is -0.370 e. The summed E-state index contributed by atoms with van der Waals surface area (Å²) in [5.74, 6) is -1.21. The molecule has 12 heavy (non-hydrogen) atoms. The average Bonchev–Trinajstić information content (AvgIpc) is 1.85. The zero-order chi connectivity index (χ0) is 9.94. The summed E-state index contributed by atoms with van der Waals surface area (Å²) in [6, 6.07) is 0. The highest BCUT2D eigenvalue weighted by molar-refractivity contribution is 6.07. The van der Waals surface area contributed by atoms with Crippen LogP contribution in [-0.4, -0.2) is 17.6 Å². The third-order valence-electron chi connectivity index (χ3n) is 1.65. The number of amides is 1. The molecule has 5 heteroatoms. The number of carbonyl (C=O) groups is 2. The fraction of sp³-hybridized carbons (Fsp3) is 0.571. The van der Waals surface area contributed by atoms with Gasteiger partial charge in [-0.05, 0) is 20.8 Å². The first-order chi connectivity index (χ1) is 5.28. The molecule has 0 saturated heterocycles. The number of aliphatic imine (C=N–C) groups is 1. The van der Waals surface area contributed by atoms with Crippen LogP contribution in [0.15, 0.2) is 4.99 Å². The van der Waals surface area contributed by atoms with Gasteiger partial charge < -0.3 is 11.5 Å². The molecule has 0 aliphatic carbocycles. The van der Waals surface area contributed by atoms with Crippen LogP contribution in [0.3, 0.4) is 0 Å². The third kappa shape index (κ3) is 2.34. The number of rotatable bonds is 2. The Balaban J connectivity index is 4.70. The predicted molar refractivity (Wildman–Crippen MR) is 45.3 cm³/mol. The minimum atomic E-state index is -1.13. The van der Waals surface area contributed by atoms with Crippen molar-refractivity contribution >= 4 is 17.6 Å². The molecule has 0 saturated carbocycles. The number of nitrogens with two attached hydrogens (primary N) is 2. The highest BCUT2D eigenvalue weighted by atomic mass is 16.2. The second-order valence-corrected chi connectivity index (χ2v) is 3.02. The molecule has 0 rings (SSSR count). The quantitative estimate of drug-likeness (QED) is 0.329. The van der Waals surface area contributed by atoms with Crippen molar-refractivity contribution in [3.05, 3.63) is 0 Å². The fourth-order valence-corrected chi connectivity index (χ4v) is 0.408. The van der Waals surface area contributed by atoms with Gasteiger partial charge in [-0.25, -0.2) is 0 Å². The molecular weight excluding hydrogens is 158 g/mol. The molecule has 4 N–H and O–H groups in total. The molecule has 0 aromatic rings. The van der Waals surface area contributed by atoms with Gasteiger partial charge in [0.1, 0.15) is 11.2 Å². The Morgan fingerprint density at radius 1 is 1.25 bits per heavy atom. The van der Waals surface area contributed by atoms with Crippen LogP contribution in [0.25, 0.3) is 0 Å². The van der Waals surface area contributed by atoms with Crippen LogP contribution in [0.5, 0.6) is 0 Å². The van der Waals surface area contributed by atoms with Gasteiger partial charge in [0.25, 0.3) is 5.91 Å². The zero-order valence-corrected chi connectivity index (χ0v) is 7.42. The highest BCUT2D eigenvalue weighted by Gasteiger charge is 2.32. The van der Waals surface area contributed by atoms with E-state index in [0.717, 1.165) is 0 Å². The van der Waals surface area contributed by atoms with Gasteiger partial charge in [-0.1, -0.05) is 0 Å². The third-order valence-corrected chi connectivity index (χ3v) is 1.65. The van der Waals surface area contributed by atoms with Crippen molar-refractivity contribution < 1.29 is 9.59 Å². The number of Topliss-reactive ketones (excluding diaryl/α,β-unsaturated/α-hetero) is 1. The SMILES string of the molecule is CC(=O)C(C)(C)C(=O)N=C(N)N. The van der Waals surface area contributed by atoms with E-state index in [0.29, 0.717) is 0 Å². The first kappa shape index (κ1) is 10.6. The van der Waals surface area contributed by atoms with Crippen molar-refractivity contribution in [3.63, 3.8) is 0 Å². The van der Waals surface area contributed by atoms with Crippen LogP contribution in [0.2, 0.25) is 0 Å². The summed E-state index contributed by atoms with van der Waals surface area (Å²) >= 11 is 0. The Morgan fingerprint density at radius 2 is 1.67 bits per heavy atom. The number of hydrogen-bond acceptors (Lipinski definition) is 2. The van der Waals surface area contributed by atoms with E-state index in [1.807, 2.05) is 0 Å². The normalized spacial score (nSPS) is 10.6. The molecule has 5 nitrogen and oxygen atoms in total. The maximum Gasteiger partial charge on any atom is 0.261 e. The molecule has 0 radical (unpaired) electrons. The number of carbonyl (C=O) groups excluding carboxylic acids is 2. The summed E-state index contributed by atoms with van der Waals surface area (Å²) in [6.07, 6.45) is 0. The molecule has 68 valence electrons. The van der Waals surface area contributed by atoms with E-state index in [4.69, 9.17) is 11.5 Å². The van der Waals surface area contributed by atoms with Gasteiger partial charge in [0.2, 0.25) is 0 Å². The molecule has 0 aromatic carbocycles. The fourth-order valence-electron chi connectivity index (χ4n) is 0.408. The van der Waals surface area contributed by atoms with E-state index < -0.39 is 11.3 Å². The van der Waals surface area contributed by atoms with E-state index >= 15 is 0 Å². The van der Waals surface area contributed by atoms with Gasteiger partial charge in [-0.15, -0.1) is 0 Å². The van der Waals surface area contributed by atoms with Gasteiger partial charge in [-0.2, -0.15) is 4.99 Å². The number of ketones is 1. The molecule has 0 spiro atoms. The van der Waals surface area contributed by atoms with Crippen LogP contribution in [0.4, 0.5) is 0 Å². The Hall–Kier alpha value is -1.39. The van der Waals surface area contributed by atoms with Crippen LogP contribution in [0, 0.1) is 5.41 Å². The van der Waals surface area contributed by atoms with E-state index in [1.54, 1.807) is 0 Å². The van der Waals surface area contributed by atoms with Gasteiger partial charge in [0.15, 0.2) is 5.96 Å². The maximum absolute atomic E-state index is 11.1. The van der Waals surface area contributed by atoms with Gasteiger partial charge in [-0.3, -0.25) is 9.59 Å². The molecule has 0 atom stereocenters. The molecule has 1 amide bonds. The Kier molecular flexibility index (Phi) is 2.95. The lowest BCUT2D eigenvalue weighted by Gasteiger charge is -2.15. The largest absolute Gasteiger partial charge is 0.370 e. The minimum absolute atomic E-state index is 0.266. The van der Waals surface area contributed by atoms with Gasteiger partial charge in [0.05, 0.1) is 0 Å². The molecular formula is C7H13N3O2. The molecule has 0 aliphatic heterocycles. The molecule has 0 fully saturated rings. The van der Waals surface area contributed by atoms with Crippen molar-refractivity contribution in [2.75, 3.05) is 0 Å². The lowest BCUT2D eigenvalue weighted by atomic mass is 9.88. The zero-order valence-electron chi connectivity index (χ0n) is 7.42. The second kappa shape index (κ2) is 3.34. The van der Waals surface area contributed by atoms with Gasteiger partial charge in [0, 0.05) is 0 Å². The van der Waals surface area contributed by atoms with Crippen molar-refractivity contribution in [1.29, 1.82) is 0 Å². The van der Waals surface area contributed by atoms with Crippen molar-refractivity contribution in [1.82, 2.24) is 0 Å². The lowest BCUT2D eigenvalue weighted by Crippen LogP contribution is -2.34. The summed E-state index contributed by atoms with van der Waals surface area (Å²) in [6.45, 7) is 4.27. The second-order valence-electron chi connectivity index (χ2n) is 3.02. The van der Waals surface area contributed by atoms with Crippen LogP contribution in [0.1, 0.15) is 20.8 Å². The molecule has 0 aromatic heterocycles. The van der Waals surface area contributed by atoms with Crippen LogP contribution < -0.4 is 11.5 Å². The van der Waals surface area contributed by atoms with Crippen molar-refractivity contribution in [2.45, 2.75) is 20.8 Å². The summed E-state index contributed by atoms with van der Waals surface area (Å²) in [5.41, 5.74) is 8.84. The summed E-state index contributed by atoms with van der Waals surface area (Å²) in [4.78, 5) is 25.3. The maximum atomic E-state index is 11.1. The van der Waals surface area contributed by atoms with Crippen molar-refractivity contribution in [3.8, 4) is 0 Å². The Morgan fingerprint density at radius 3 is 1.92 bits per heavy atom. The predicted octanol–water partition coefficient (Wildman–Crippen LogP) is -0.598. The summed E-state index contributed by atoms with van der Waals surface area (Å²) in [5, 5.41) is 0. The Labute approximate surface area is 70.8 Å². The van der Waals surface area contributed by atoms with Crippen molar-refractivity contribution in [2.24, 2.45) is 21.9 Å². The standard InChI is InChI=1S/C7H13N3O2/c1-4(11)7(2,3)5(12)10-6(8)9/h1-3H3,(H4,8,9,10,12). The van der Waals surface area contributed by atoms with E-state index in [2.05, 4.69) is 4.99 Å². The molecule has 0 aliphatic rings. The van der Waals surface area contributed by atoms with E-state index in [9.17, 15) is 9.59 Å². The monoisotopic (exact) mass is 171 g/mol. The summed E-state index contributed by atoms with van der Waals surface area (Å²) in [7, 11) is 0. The first-order valence-corrected chi connectivity index (χ1v) is 3.43. The van der Waals surface area contributed by atoms with E-state index in [1.165, 1.54) is 20.8 Å². The molecule has 0 unspecified atom stereocenters. The highest BCUT2D eigenvalue weighted by Crippen LogP contribution is 2.17. The number of guanidine groups is 1. The summed E-state index contributed by atoms with van der Waals surface area (Å²) < 4.78 is 0.